The van der Waals surface area contributed by atoms with Crippen molar-refractivity contribution >= 4 is 5.91 Å². The number of rotatable bonds is 11. The SMILES string of the molecule is O=C(CCOCC(F)F)NCCCNCc1cccnc1. The topological polar surface area (TPSA) is 63.2 Å². The second kappa shape index (κ2) is 11.1. The van der Waals surface area contributed by atoms with E-state index in [1.54, 1.807) is 12.4 Å². The van der Waals surface area contributed by atoms with Gasteiger partial charge in [0, 0.05) is 31.9 Å². The molecule has 0 saturated heterocycles. The fourth-order valence-corrected chi connectivity index (χ4v) is 1.60. The summed E-state index contributed by atoms with van der Waals surface area (Å²) < 4.78 is 28.2. The number of aromatic nitrogens is 1. The Hall–Kier alpha value is -1.60. The van der Waals surface area contributed by atoms with Gasteiger partial charge in [-0.2, -0.15) is 0 Å². The van der Waals surface area contributed by atoms with Gasteiger partial charge < -0.3 is 15.4 Å². The van der Waals surface area contributed by atoms with Crippen LogP contribution >= 0.6 is 0 Å². The first kappa shape index (κ1) is 17.5. The minimum absolute atomic E-state index is 0.0232. The smallest absolute Gasteiger partial charge is 0.261 e. The van der Waals surface area contributed by atoms with Crippen LogP contribution in [0, 0.1) is 0 Å². The third-order valence-corrected chi connectivity index (χ3v) is 2.62. The zero-order valence-electron chi connectivity index (χ0n) is 11.9. The van der Waals surface area contributed by atoms with Gasteiger partial charge in [0.2, 0.25) is 5.91 Å². The van der Waals surface area contributed by atoms with Gasteiger partial charge in [0.05, 0.1) is 6.61 Å². The molecule has 0 radical (unpaired) electrons. The van der Waals surface area contributed by atoms with Crippen molar-refractivity contribution in [3.63, 3.8) is 0 Å². The number of carbonyl (C=O) groups excluding carboxylic acids is 1. The molecular formula is C14H21F2N3O2. The number of carbonyl (C=O) groups is 1. The molecule has 2 N–H and O–H groups in total. The van der Waals surface area contributed by atoms with Crippen molar-refractivity contribution in [3.8, 4) is 0 Å². The van der Waals surface area contributed by atoms with E-state index in [0.717, 1.165) is 25.1 Å². The van der Waals surface area contributed by atoms with E-state index in [4.69, 9.17) is 0 Å². The van der Waals surface area contributed by atoms with E-state index in [0.29, 0.717) is 6.54 Å². The molecule has 7 heteroatoms. The molecular weight excluding hydrogens is 280 g/mol. The lowest BCUT2D eigenvalue weighted by atomic mass is 10.3. The van der Waals surface area contributed by atoms with Crippen LogP contribution in [0.15, 0.2) is 24.5 Å². The average molecular weight is 301 g/mol. The lowest BCUT2D eigenvalue weighted by Gasteiger charge is -2.07. The third kappa shape index (κ3) is 9.86. The van der Waals surface area contributed by atoms with E-state index in [1.807, 2.05) is 12.1 Å². The molecule has 21 heavy (non-hydrogen) atoms. The summed E-state index contributed by atoms with van der Waals surface area (Å²) in [5, 5.41) is 5.95. The second-order valence-corrected chi connectivity index (χ2v) is 4.46. The number of pyridine rings is 1. The molecule has 0 aliphatic heterocycles. The van der Waals surface area contributed by atoms with Crippen molar-refractivity contribution in [2.75, 3.05) is 26.3 Å². The normalized spacial score (nSPS) is 10.8. The van der Waals surface area contributed by atoms with Gasteiger partial charge in [-0.1, -0.05) is 6.07 Å². The molecule has 0 unspecified atom stereocenters. The number of alkyl halides is 2. The largest absolute Gasteiger partial charge is 0.375 e. The van der Waals surface area contributed by atoms with Gasteiger partial charge in [-0.15, -0.1) is 0 Å². The van der Waals surface area contributed by atoms with E-state index < -0.39 is 13.0 Å². The first-order chi connectivity index (χ1) is 10.2. The molecule has 1 aromatic heterocycles. The van der Waals surface area contributed by atoms with Crippen LogP contribution in [0.2, 0.25) is 0 Å². The number of halogens is 2. The quantitative estimate of drug-likeness (QED) is 0.606. The van der Waals surface area contributed by atoms with Crippen molar-refractivity contribution in [1.82, 2.24) is 15.6 Å². The first-order valence-electron chi connectivity index (χ1n) is 6.90. The summed E-state index contributed by atoms with van der Waals surface area (Å²) in [6, 6.07) is 3.87. The molecule has 0 aliphatic carbocycles. The van der Waals surface area contributed by atoms with E-state index in [9.17, 15) is 13.6 Å². The van der Waals surface area contributed by atoms with Crippen LogP contribution in [0.1, 0.15) is 18.4 Å². The Morgan fingerprint density at radius 3 is 2.95 bits per heavy atom. The van der Waals surface area contributed by atoms with Crippen molar-refractivity contribution in [1.29, 1.82) is 0 Å². The molecule has 0 bridgehead atoms. The monoisotopic (exact) mass is 301 g/mol. The summed E-state index contributed by atoms with van der Waals surface area (Å²) in [4.78, 5) is 15.3. The Morgan fingerprint density at radius 2 is 2.24 bits per heavy atom. The van der Waals surface area contributed by atoms with E-state index >= 15 is 0 Å². The van der Waals surface area contributed by atoms with Gasteiger partial charge in [0.25, 0.3) is 6.43 Å². The second-order valence-electron chi connectivity index (χ2n) is 4.46. The highest BCUT2D eigenvalue weighted by atomic mass is 19.3. The molecule has 0 aromatic carbocycles. The van der Waals surface area contributed by atoms with Gasteiger partial charge in [-0.3, -0.25) is 9.78 Å². The highest BCUT2D eigenvalue weighted by molar-refractivity contribution is 5.75. The maximum atomic E-state index is 11.8. The van der Waals surface area contributed by atoms with Gasteiger partial charge in [0.1, 0.15) is 6.61 Å². The first-order valence-corrected chi connectivity index (χ1v) is 6.90. The van der Waals surface area contributed by atoms with Crippen LogP contribution in [0.5, 0.6) is 0 Å². The fourth-order valence-electron chi connectivity index (χ4n) is 1.60. The van der Waals surface area contributed by atoms with Crippen LogP contribution in [-0.2, 0) is 16.1 Å². The van der Waals surface area contributed by atoms with E-state index in [2.05, 4.69) is 20.4 Å². The Bertz CT molecular complexity index is 391. The van der Waals surface area contributed by atoms with Crippen molar-refractivity contribution in [2.45, 2.75) is 25.8 Å². The van der Waals surface area contributed by atoms with Crippen LogP contribution in [0.4, 0.5) is 8.78 Å². The fraction of sp³-hybridized carbons (Fsp3) is 0.571. The van der Waals surface area contributed by atoms with Gasteiger partial charge in [-0.05, 0) is 24.6 Å². The molecule has 1 aromatic rings. The van der Waals surface area contributed by atoms with Crippen LogP contribution in [0.3, 0.4) is 0 Å². The number of amides is 1. The van der Waals surface area contributed by atoms with Crippen molar-refractivity contribution in [3.05, 3.63) is 30.1 Å². The maximum absolute atomic E-state index is 11.8. The molecule has 0 saturated carbocycles. The molecule has 0 aliphatic rings. The lowest BCUT2D eigenvalue weighted by molar-refractivity contribution is -0.122. The van der Waals surface area contributed by atoms with E-state index in [-0.39, 0.29) is 18.9 Å². The van der Waals surface area contributed by atoms with Gasteiger partial charge >= 0.3 is 0 Å². The molecule has 0 atom stereocenters. The molecule has 1 heterocycles. The highest BCUT2D eigenvalue weighted by Crippen LogP contribution is 1.94. The molecule has 118 valence electrons. The predicted molar refractivity (Wildman–Crippen MR) is 75.0 cm³/mol. The standard InChI is InChI=1S/C14H21F2N3O2/c15-13(16)11-21-8-4-14(20)19-7-2-6-18-10-12-3-1-5-17-9-12/h1,3,5,9,13,18H,2,4,6-8,10-11H2,(H,19,20). The molecule has 1 amide bonds. The van der Waals surface area contributed by atoms with Gasteiger partial charge in [0.15, 0.2) is 0 Å². The summed E-state index contributed by atoms with van der Waals surface area (Å²) in [5.74, 6) is -0.184. The number of nitrogens with zero attached hydrogens (tertiary/aromatic N) is 1. The Balaban J connectivity index is 1.90. The summed E-state index contributed by atoms with van der Waals surface area (Å²) in [7, 11) is 0. The predicted octanol–water partition coefficient (Wildman–Crippen LogP) is 1.35. The zero-order valence-corrected chi connectivity index (χ0v) is 11.9. The molecule has 5 nitrogen and oxygen atoms in total. The van der Waals surface area contributed by atoms with Crippen molar-refractivity contribution in [2.24, 2.45) is 0 Å². The average Bonchev–Trinajstić information content (AvgIpc) is 2.48. The lowest BCUT2D eigenvalue weighted by Crippen LogP contribution is -2.28. The zero-order chi connectivity index (χ0) is 15.3. The number of ether oxygens (including phenoxy) is 1. The van der Waals surface area contributed by atoms with Crippen LogP contribution in [-0.4, -0.2) is 43.6 Å². The Labute approximate surface area is 123 Å². The summed E-state index contributed by atoms with van der Waals surface area (Å²) in [6.07, 6.45) is 1.94. The summed E-state index contributed by atoms with van der Waals surface area (Å²) in [5.41, 5.74) is 1.11. The number of hydrogen-bond acceptors (Lipinski definition) is 4. The summed E-state index contributed by atoms with van der Waals surface area (Å²) >= 11 is 0. The Morgan fingerprint density at radius 1 is 1.38 bits per heavy atom. The van der Waals surface area contributed by atoms with E-state index in [1.165, 1.54) is 0 Å². The number of nitrogens with one attached hydrogen (secondary N) is 2. The Kier molecular flexibility index (Phi) is 9.23. The third-order valence-electron chi connectivity index (χ3n) is 2.62. The van der Waals surface area contributed by atoms with Crippen LogP contribution in [0.25, 0.3) is 0 Å². The molecule has 1 rings (SSSR count). The maximum Gasteiger partial charge on any atom is 0.261 e. The number of hydrogen-bond donors (Lipinski definition) is 2. The summed E-state index contributed by atoms with van der Waals surface area (Å²) in [6.45, 7) is 1.47. The molecule has 0 fully saturated rings. The van der Waals surface area contributed by atoms with Crippen LogP contribution < -0.4 is 10.6 Å². The minimum atomic E-state index is -2.49. The van der Waals surface area contributed by atoms with Crippen molar-refractivity contribution < 1.29 is 18.3 Å². The highest BCUT2D eigenvalue weighted by Gasteiger charge is 2.04. The minimum Gasteiger partial charge on any atom is -0.375 e. The van der Waals surface area contributed by atoms with Gasteiger partial charge in [-0.25, -0.2) is 8.78 Å². The molecule has 0 spiro atoms.